The number of carbonyl (C=O) groups is 1. The topological polar surface area (TPSA) is 29.5 Å². The van der Waals surface area contributed by atoms with Crippen molar-refractivity contribution in [3.05, 3.63) is 0 Å². The van der Waals surface area contributed by atoms with Crippen molar-refractivity contribution >= 4 is 5.91 Å². The molecule has 0 aromatic rings. The number of piperidine rings is 1. The van der Waals surface area contributed by atoms with E-state index >= 15 is 0 Å². The molecule has 1 atom stereocenters. The van der Waals surface area contributed by atoms with Crippen LogP contribution in [0.1, 0.15) is 40.5 Å². The Morgan fingerprint density at radius 2 is 2.13 bits per heavy atom. The summed E-state index contributed by atoms with van der Waals surface area (Å²) < 4.78 is 5.49. The first kappa shape index (κ1) is 12.5. The van der Waals surface area contributed by atoms with Gasteiger partial charge in [0.2, 0.25) is 5.91 Å². The van der Waals surface area contributed by atoms with E-state index in [0.717, 1.165) is 19.5 Å². The molecule has 0 aromatic heterocycles. The molecule has 0 spiro atoms. The second-order valence-corrected chi connectivity index (χ2v) is 5.49. The Bertz CT molecular complexity index is 220. The van der Waals surface area contributed by atoms with Crippen molar-refractivity contribution in [3.63, 3.8) is 0 Å². The van der Waals surface area contributed by atoms with Crippen molar-refractivity contribution in [2.45, 2.75) is 46.1 Å². The molecule has 1 rings (SSSR count). The van der Waals surface area contributed by atoms with E-state index in [0.29, 0.717) is 5.92 Å². The van der Waals surface area contributed by atoms with Crippen molar-refractivity contribution < 1.29 is 9.53 Å². The van der Waals surface area contributed by atoms with Gasteiger partial charge in [-0.3, -0.25) is 4.79 Å². The molecule has 1 aliphatic rings. The zero-order valence-corrected chi connectivity index (χ0v) is 10.4. The summed E-state index contributed by atoms with van der Waals surface area (Å²) >= 11 is 0. The molecule has 0 aromatic carbocycles. The lowest BCUT2D eigenvalue weighted by Crippen LogP contribution is -2.42. The molecular weight excluding hydrogens is 190 g/mol. The summed E-state index contributed by atoms with van der Waals surface area (Å²) in [7, 11) is 0. The van der Waals surface area contributed by atoms with Gasteiger partial charge in [0.05, 0.1) is 5.60 Å². The predicted molar refractivity (Wildman–Crippen MR) is 60.7 cm³/mol. The van der Waals surface area contributed by atoms with Crippen LogP contribution in [0.15, 0.2) is 0 Å². The highest BCUT2D eigenvalue weighted by atomic mass is 16.5. The van der Waals surface area contributed by atoms with E-state index in [1.165, 1.54) is 6.42 Å². The van der Waals surface area contributed by atoms with Gasteiger partial charge in [-0.15, -0.1) is 0 Å². The first-order chi connectivity index (χ1) is 6.88. The fraction of sp³-hybridized carbons (Fsp3) is 0.917. The maximum Gasteiger partial charge on any atom is 0.248 e. The SMILES string of the molecule is CC1CCCN(C(=O)COC(C)(C)C)C1. The number of hydrogen-bond donors (Lipinski definition) is 0. The largest absolute Gasteiger partial charge is 0.366 e. The van der Waals surface area contributed by atoms with Crippen LogP contribution in [0.2, 0.25) is 0 Å². The standard InChI is InChI=1S/C12H23NO2/c1-10-6-5-7-13(8-10)11(14)9-15-12(2,3)4/h10H,5-9H2,1-4H3. The molecule has 3 nitrogen and oxygen atoms in total. The second-order valence-electron chi connectivity index (χ2n) is 5.49. The van der Waals surface area contributed by atoms with E-state index in [-0.39, 0.29) is 18.1 Å². The Labute approximate surface area is 92.8 Å². The Balaban J connectivity index is 2.33. The molecule has 0 N–H and O–H groups in total. The summed E-state index contributed by atoms with van der Waals surface area (Å²) in [5.74, 6) is 0.772. The molecule has 88 valence electrons. The van der Waals surface area contributed by atoms with Gasteiger partial charge < -0.3 is 9.64 Å². The molecule has 15 heavy (non-hydrogen) atoms. The van der Waals surface area contributed by atoms with Crippen molar-refractivity contribution in [1.82, 2.24) is 4.90 Å². The van der Waals surface area contributed by atoms with Crippen LogP contribution in [0, 0.1) is 5.92 Å². The van der Waals surface area contributed by atoms with Crippen LogP contribution >= 0.6 is 0 Å². The van der Waals surface area contributed by atoms with Crippen LogP contribution in [-0.2, 0) is 9.53 Å². The smallest absolute Gasteiger partial charge is 0.248 e. The summed E-state index contributed by atoms with van der Waals surface area (Å²) in [5.41, 5.74) is -0.225. The van der Waals surface area contributed by atoms with E-state index in [4.69, 9.17) is 4.74 Å². The Morgan fingerprint density at radius 1 is 1.47 bits per heavy atom. The van der Waals surface area contributed by atoms with E-state index in [2.05, 4.69) is 6.92 Å². The summed E-state index contributed by atoms with van der Waals surface area (Å²) in [6.07, 6.45) is 2.37. The zero-order valence-electron chi connectivity index (χ0n) is 10.4. The molecule has 0 radical (unpaired) electrons. The lowest BCUT2D eigenvalue weighted by molar-refractivity contribution is -0.142. The molecule has 0 aliphatic carbocycles. The molecule has 1 aliphatic heterocycles. The van der Waals surface area contributed by atoms with Gasteiger partial charge in [0.1, 0.15) is 6.61 Å². The maximum atomic E-state index is 11.8. The zero-order chi connectivity index (χ0) is 11.5. The minimum Gasteiger partial charge on any atom is -0.366 e. The third-order valence-electron chi connectivity index (χ3n) is 2.64. The van der Waals surface area contributed by atoms with Gasteiger partial charge in [0.15, 0.2) is 0 Å². The first-order valence-corrected chi connectivity index (χ1v) is 5.80. The quantitative estimate of drug-likeness (QED) is 0.702. The summed E-state index contributed by atoms with van der Waals surface area (Å²) in [6, 6.07) is 0. The highest BCUT2D eigenvalue weighted by molar-refractivity contribution is 5.77. The van der Waals surface area contributed by atoms with Crippen LogP contribution in [0.4, 0.5) is 0 Å². The highest BCUT2D eigenvalue weighted by Crippen LogP contribution is 2.16. The lowest BCUT2D eigenvalue weighted by Gasteiger charge is -2.31. The Morgan fingerprint density at radius 3 is 2.67 bits per heavy atom. The average Bonchev–Trinajstić information content (AvgIpc) is 2.13. The third-order valence-corrected chi connectivity index (χ3v) is 2.64. The van der Waals surface area contributed by atoms with Crippen molar-refractivity contribution in [1.29, 1.82) is 0 Å². The van der Waals surface area contributed by atoms with Crippen LogP contribution in [-0.4, -0.2) is 36.1 Å². The number of nitrogens with zero attached hydrogens (tertiary/aromatic N) is 1. The summed E-state index contributed by atoms with van der Waals surface area (Å²) in [6.45, 7) is 10.1. The molecule has 3 heteroatoms. The molecule has 0 bridgehead atoms. The molecule has 1 unspecified atom stereocenters. The van der Waals surface area contributed by atoms with E-state index < -0.39 is 0 Å². The normalized spacial score (nSPS) is 22.9. The predicted octanol–water partition coefficient (Wildman–Crippen LogP) is 2.06. The highest BCUT2D eigenvalue weighted by Gasteiger charge is 2.22. The van der Waals surface area contributed by atoms with Gasteiger partial charge in [-0.05, 0) is 39.5 Å². The molecule has 1 saturated heterocycles. The number of amides is 1. The molecule has 1 amide bonds. The van der Waals surface area contributed by atoms with Crippen molar-refractivity contribution in [2.24, 2.45) is 5.92 Å². The fourth-order valence-corrected chi connectivity index (χ4v) is 1.79. The van der Waals surface area contributed by atoms with Crippen LogP contribution in [0.25, 0.3) is 0 Å². The number of ether oxygens (including phenoxy) is 1. The van der Waals surface area contributed by atoms with Gasteiger partial charge in [0, 0.05) is 13.1 Å². The van der Waals surface area contributed by atoms with Gasteiger partial charge in [-0.1, -0.05) is 6.92 Å². The lowest BCUT2D eigenvalue weighted by atomic mass is 10.0. The minimum atomic E-state index is -0.225. The monoisotopic (exact) mass is 213 g/mol. The van der Waals surface area contributed by atoms with E-state index in [9.17, 15) is 4.79 Å². The van der Waals surface area contributed by atoms with E-state index in [1.807, 2.05) is 25.7 Å². The average molecular weight is 213 g/mol. The maximum absolute atomic E-state index is 11.8. The van der Waals surface area contributed by atoms with Gasteiger partial charge in [-0.2, -0.15) is 0 Å². The van der Waals surface area contributed by atoms with Crippen LogP contribution in [0.5, 0.6) is 0 Å². The van der Waals surface area contributed by atoms with Crippen molar-refractivity contribution in [2.75, 3.05) is 19.7 Å². The van der Waals surface area contributed by atoms with Crippen molar-refractivity contribution in [3.8, 4) is 0 Å². The van der Waals surface area contributed by atoms with E-state index in [1.54, 1.807) is 0 Å². The van der Waals surface area contributed by atoms with Crippen LogP contribution < -0.4 is 0 Å². The number of hydrogen-bond acceptors (Lipinski definition) is 2. The molecule has 1 heterocycles. The second kappa shape index (κ2) is 4.97. The Hall–Kier alpha value is -0.570. The molecule has 0 saturated carbocycles. The minimum absolute atomic E-state index is 0.136. The number of rotatable bonds is 2. The number of carbonyl (C=O) groups excluding carboxylic acids is 1. The van der Waals surface area contributed by atoms with Gasteiger partial charge >= 0.3 is 0 Å². The first-order valence-electron chi connectivity index (χ1n) is 5.80. The third kappa shape index (κ3) is 4.65. The Kier molecular flexibility index (Phi) is 4.14. The molecule has 1 fully saturated rings. The van der Waals surface area contributed by atoms with Crippen LogP contribution in [0.3, 0.4) is 0 Å². The number of likely N-dealkylation sites (tertiary alicyclic amines) is 1. The van der Waals surface area contributed by atoms with Gasteiger partial charge in [-0.25, -0.2) is 0 Å². The summed E-state index contributed by atoms with van der Waals surface area (Å²) in [5, 5.41) is 0. The summed E-state index contributed by atoms with van der Waals surface area (Å²) in [4.78, 5) is 13.7. The fourth-order valence-electron chi connectivity index (χ4n) is 1.79. The van der Waals surface area contributed by atoms with Gasteiger partial charge in [0.25, 0.3) is 0 Å². The molecular formula is C12H23NO2.